The van der Waals surface area contributed by atoms with E-state index in [9.17, 15) is 8.42 Å². The Morgan fingerprint density at radius 2 is 2.00 bits per heavy atom. The van der Waals surface area contributed by atoms with E-state index in [0.717, 1.165) is 0 Å². The van der Waals surface area contributed by atoms with Crippen LogP contribution < -0.4 is 4.72 Å². The van der Waals surface area contributed by atoms with E-state index in [4.69, 9.17) is 28.5 Å². The van der Waals surface area contributed by atoms with E-state index in [0.29, 0.717) is 4.47 Å². The van der Waals surface area contributed by atoms with Crippen LogP contribution in [0.2, 0.25) is 10.2 Å². The number of hydrogen-bond donors (Lipinski definition) is 1. The Hall–Kier alpha value is -1.33. The van der Waals surface area contributed by atoms with Crippen LogP contribution in [0, 0.1) is 11.3 Å². The van der Waals surface area contributed by atoms with Crippen molar-refractivity contribution in [1.29, 1.82) is 5.26 Å². The van der Waals surface area contributed by atoms with Crippen LogP contribution in [0.4, 0.5) is 5.69 Å². The van der Waals surface area contributed by atoms with Crippen molar-refractivity contribution in [3.05, 3.63) is 50.7 Å². The zero-order valence-corrected chi connectivity index (χ0v) is 14.1. The van der Waals surface area contributed by atoms with Gasteiger partial charge in [0.1, 0.15) is 11.0 Å². The van der Waals surface area contributed by atoms with E-state index in [-0.39, 0.29) is 26.3 Å². The summed E-state index contributed by atoms with van der Waals surface area (Å²) in [7, 11) is -3.94. The summed E-state index contributed by atoms with van der Waals surface area (Å²) in [6.45, 7) is 0. The first-order chi connectivity index (χ1) is 9.83. The SMILES string of the molecule is N#Cc1cnc(Cl)c(NS(=O)(=O)c2ccc(Br)cc2Cl)c1. The average molecular weight is 407 g/mol. The quantitative estimate of drug-likeness (QED) is 0.785. The number of rotatable bonds is 3. The van der Waals surface area contributed by atoms with Gasteiger partial charge in [0.15, 0.2) is 5.15 Å². The Kier molecular flexibility index (Phi) is 4.74. The number of halogens is 3. The molecule has 1 aromatic carbocycles. The molecule has 1 N–H and O–H groups in total. The summed E-state index contributed by atoms with van der Waals surface area (Å²) < 4.78 is 27.5. The predicted molar refractivity (Wildman–Crippen MR) is 83.9 cm³/mol. The van der Waals surface area contributed by atoms with Gasteiger partial charge in [-0.25, -0.2) is 13.4 Å². The van der Waals surface area contributed by atoms with Crippen molar-refractivity contribution in [3.63, 3.8) is 0 Å². The molecule has 0 atom stereocenters. The first kappa shape index (κ1) is 16.0. The average Bonchev–Trinajstić information content (AvgIpc) is 2.40. The van der Waals surface area contributed by atoms with E-state index in [1.54, 1.807) is 6.07 Å². The first-order valence-corrected chi connectivity index (χ1v) is 8.40. The maximum atomic E-state index is 12.3. The molecule has 2 aromatic rings. The third kappa shape index (κ3) is 3.66. The number of pyridine rings is 1. The van der Waals surface area contributed by atoms with Gasteiger partial charge in [0.25, 0.3) is 10.0 Å². The number of hydrogen-bond acceptors (Lipinski definition) is 4. The Bertz CT molecular complexity index is 850. The van der Waals surface area contributed by atoms with Gasteiger partial charge in [0.05, 0.1) is 16.3 Å². The van der Waals surface area contributed by atoms with Crippen molar-refractivity contribution in [1.82, 2.24) is 4.98 Å². The van der Waals surface area contributed by atoms with Crippen LogP contribution in [0.5, 0.6) is 0 Å². The summed E-state index contributed by atoms with van der Waals surface area (Å²) in [4.78, 5) is 3.63. The van der Waals surface area contributed by atoms with Crippen LogP contribution in [0.1, 0.15) is 5.56 Å². The second-order valence-electron chi connectivity index (χ2n) is 3.85. The van der Waals surface area contributed by atoms with E-state index >= 15 is 0 Å². The Labute approximate surface area is 139 Å². The lowest BCUT2D eigenvalue weighted by molar-refractivity contribution is 0.601. The molecule has 0 radical (unpaired) electrons. The summed E-state index contributed by atoms with van der Waals surface area (Å²) in [5.41, 5.74) is 0.189. The monoisotopic (exact) mass is 405 g/mol. The van der Waals surface area contributed by atoms with Crippen molar-refractivity contribution in [3.8, 4) is 6.07 Å². The molecular formula is C12H6BrCl2N3O2S. The molecular weight excluding hydrogens is 401 g/mol. The van der Waals surface area contributed by atoms with Crippen LogP contribution in [-0.2, 0) is 10.0 Å². The number of anilines is 1. The second kappa shape index (κ2) is 6.20. The molecule has 9 heteroatoms. The van der Waals surface area contributed by atoms with E-state index < -0.39 is 10.0 Å². The van der Waals surface area contributed by atoms with Gasteiger partial charge in [-0.05, 0) is 24.3 Å². The fourth-order valence-electron chi connectivity index (χ4n) is 1.47. The lowest BCUT2D eigenvalue weighted by atomic mass is 10.3. The van der Waals surface area contributed by atoms with Crippen molar-refractivity contribution < 1.29 is 8.42 Å². The second-order valence-corrected chi connectivity index (χ2v) is 7.19. The van der Waals surface area contributed by atoms with Gasteiger partial charge in [0.2, 0.25) is 0 Å². The molecule has 108 valence electrons. The molecule has 0 amide bonds. The molecule has 0 bridgehead atoms. The normalized spacial score (nSPS) is 11.0. The summed E-state index contributed by atoms with van der Waals surface area (Å²) in [6.07, 6.45) is 1.24. The minimum absolute atomic E-state index is 0.00898. The third-order valence-electron chi connectivity index (χ3n) is 2.40. The highest BCUT2D eigenvalue weighted by molar-refractivity contribution is 9.10. The van der Waals surface area contributed by atoms with Crippen molar-refractivity contribution in [2.24, 2.45) is 0 Å². The minimum Gasteiger partial charge on any atom is -0.276 e. The number of nitrogens with zero attached hydrogens (tertiary/aromatic N) is 2. The van der Waals surface area contributed by atoms with Gasteiger partial charge in [-0.2, -0.15) is 5.26 Å². The Morgan fingerprint density at radius 3 is 2.62 bits per heavy atom. The van der Waals surface area contributed by atoms with Crippen LogP contribution in [0.25, 0.3) is 0 Å². The van der Waals surface area contributed by atoms with Gasteiger partial charge in [-0.1, -0.05) is 39.1 Å². The van der Waals surface area contributed by atoms with Crippen molar-refractivity contribution in [2.75, 3.05) is 4.72 Å². The number of aromatic nitrogens is 1. The third-order valence-corrected chi connectivity index (χ3v) is 5.04. The molecule has 0 saturated carbocycles. The van der Waals surface area contributed by atoms with Crippen LogP contribution in [0.3, 0.4) is 0 Å². The highest BCUT2D eigenvalue weighted by Crippen LogP contribution is 2.28. The van der Waals surface area contributed by atoms with Crippen LogP contribution in [-0.4, -0.2) is 13.4 Å². The molecule has 1 aromatic heterocycles. The molecule has 0 aliphatic carbocycles. The molecule has 0 aliphatic heterocycles. The van der Waals surface area contributed by atoms with Gasteiger partial charge in [0, 0.05) is 10.7 Å². The first-order valence-electron chi connectivity index (χ1n) is 5.37. The summed E-state index contributed by atoms with van der Waals surface area (Å²) in [5, 5.41) is 8.80. The molecule has 0 unspecified atom stereocenters. The highest BCUT2D eigenvalue weighted by Gasteiger charge is 2.20. The fraction of sp³-hybridized carbons (Fsp3) is 0. The molecule has 2 rings (SSSR count). The maximum Gasteiger partial charge on any atom is 0.263 e. The lowest BCUT2D eigenvalue weighted by Gasteiger charge is -2.10. The lowest BCUT2D eigenvalue weighted by Crippen LogP contribution is -2.14. The molecule has 21 heavy (non-hydrogen) atoms. The van der Waals surface area contributed by atoms with E-state index in [2.05, 4.69) is 25.6 Å². The summed E-state index contributed by atoms with van der Waals surface area (Å²) in [6, 6.07) is 7.50. The molecule has 0 saturated heterocycles. The molecule has 0 fully saturated rings. The Morgan fingerprint density at radius 1 is 1.29 bits per heavy atom. The van der Waals surface area contributed by atoms with Crippen molar-refractivity contribution >= 4 is 54.8 Å². The zero-order valence-electron chi connectivity index (χ0n) is 10.1. The van der Waals surface area contributed by atoms with Crippen LogP contribution in [0.15, 0.2) is 39.8 Å². The van der Waals surface area contributed by atoms with Gasteiger partial charge in [-0.3, -0.25) is 4.72 Å². The minimum atomic E-state index is -3.94. The number of sulfonamides is 1. The molecule has 0 spiro atoms. The highest BCUT2D eigenvalue weighted by atomic mass is 79.9. The molecule has 5 nitrogen and oxygen atoms in total. The number of benzene rings is 1. The largest absolute Gasteiger partial charge is 0.276 e. The molecule has 1 heterocycles. The number of nitrogens with one attached hydrogen (secondary N) is 1. The van der Waals surface area contributed by atoms with Crippen LogP contribution >= 0.6 is 39.1 Å². The van der Waals surface area contributed by atoms with E-state index in [1.165, 1.54) is 24.4 Å². The topological polar surface area (TPSA) is 82.8 Å². The smallest absolute Gasteiger partial charge is 0.263 e. The van der Waals surface area contributed by atoms with Crippen molar-refractivity contribution in [2.45, 2.75) is 4.90 Å². The standard InChI is InChI=1S/C12H6BrCl2N3O2S/c13-8-1-2-11(9(14)4-8)21(19,20)18-10-3-7(5-16)6-17-12(10)15/h1-4,6,18H. The van der Waals surface area contributed by atoms with Gasteiger partial charge in [-0.15, -0.1) is 0 Å². The van der Waals surface area contributed by atoms with Gasteiger partial charge < -0.3 is 0 Å². The number of nitriles is 1. The van der Waals surface area contributed by atoms with E-state index in [1.807, 2.05) is 6.07 Å². The fourth-order valence-corrected chi connectivity index (χ4v) is 3.78. The van der Waals surface area contributed by atoms with Gasteiger partial charge >= 0.3 is 0 Å². The molecule has 0 aliphatic rings. The summed E-state index contributed by atoms with van der Waals surface area (Å²) in [5.74, 6) is 0. The zero-order chi connectivity index (χ0) is 15.6. The summed E-state index contributed by atoms with van der Waals surface area (Å²) >= 11 is 14.9. The Balaban J connectivity index is 2.45. The maximum absolute atomic E-state index is 12.3. The predicted octanol–water partition coefficient (Wildman–Crippen LogP) is 3.82.